The van der Waals surface area contributed by atoms with Crippen LogP contribution in [-0.2, 0) is 39.8 Å². The molecule has 2 aliphatic heterocycles. The van der Waals surface area contributed by atoms with Crippen LogP contribution in [0.1, 0.15) is 19.0 Å². The van der Waals surface area contributed by atoms with Crippen LogP contribution in [0.2, 0.25) is 0 Å². The van der Waals surface area contributed by atoms with Crippen LogP contribution in [-0.4, -0.2) is 83.9 Å². The van der Waals surface area contributed by atoms with Crippen molar-refractivity contribution in [3.05, 3.63) is 11.1 Å². The summed E-state index contributed by atoms with van der Waals surface area (Å²) in [5, 5.41) is 17.4. The van der Waals surface area contributed by atoms with E-state index in [2.05, 4.69) is 20.3 Å². The van der Waals surface area contributed by atoms with Crippen LogP contribution in [0.15, 0.2) is 10.5 Å². The average Bonchev–Trinajstić information content (AvgIpc) is 3.27. The number of ether oxygens (including phenoxy) is 1. The Morgan fingerprint density at radius 3 is 2.75 bits per heavy atom. The summed E-state index contributed by atoms with van der Waals surface area (Å²) in [6.45, 7) is 1.42. The Balaban J connectivity index is 1.83. The minimum atomic E-state index is -2.70. The van der Waals surface area contributed by atoms with E-state index in [1.54, 1.807) is 0 Å². The van der Waals surface area contributed by atoms with E-state index < -0.39 is 70.7 Å². The van der Waals surface area contributed by atoms with Crippen LogP contribution in [0, 0.1) is 5.92 Å². The number of oxime groups is 1. The molecular formula is C16H18N5O9S2-. The van der Waals surface area contributed by atoms with E-state index in [0.29, 0.717) is 0 Å². The summed E-state index contributed by atoms with van der Waals surface area (Å²) >= 11 is -1.64. The normalized spacial score (nSPS) is 28.7. The molecular weight excluding hydrogens is 470 g/mol. The van der Waals surface area contributed by atoms with E-state index in [1.165, 1.54) is 19.4 Å². The standard InChI is InChI=1S/C16H19N5O9S2/c1-6-10(19-12(23)11(20-29-2)8-4-31-15(17)18-8)13(24)21(6)16(14(25)26)7(5-32(27)28)3-9(22)30-16/h4,6-7,10H,3,5H2,1-2H3,(H2,17,18)(H,19,23)(H,25,26)(H,27,28)/p-1/b20-11-/t6-,7+,10+,16-/m1/s1. The maximum atomic E-state index is 12.9. The molecule has 174 valence electrons. The second-order valence-electron chi connectivity index (χ2n) is 6.94. The number of carbonyl (C=O) groups excluding carboxylic acids is 3. The number of nitrogen functional groups attached to an aromatic ring is 1. The molecule has 14 nitrogen and oxygen atoms in total. The Hall–Kier alpha value is -3.11. The fourth-order valence-corrected chi connectivity index (χ4v) is 4.94. The summed E-state index contributed by atoms with van der Waals surface area (Å²) in [4.78, 5) is 58.8. The molecule has 2 amide bonds. The van der Waals surface area contributed by atoms with Gasteiger partial charge in [-0.25, -0.2) is 9.78 Å². The third kappa shape index (κ3) is 3.91. The van der Waals surface area contributed by atoms with Crippen molar-refractivity contribution in [2.45, 2.75) is 31.2 Å². The number of aliphatic carboxylic acids is 1. The third-order valence-corrected chi connectivity index (χ3v) is 6.43. The molecule has 1 aromatic rings. The minimum Gasteiger partial charge on any atom is -0.772 e. The molecule has 1 aromatic heterocycles. The summed E-state index contributed by atoms with van der Waals surface area (Å²) in [6.07, 6.45) is -0.496. The number of carboxylic acids is 1. The zero-order valence-corrected chi connectivity index (χ0v) is 18.3. The van der Waals surface area contributed by atoms with E-state index >= 15 is 0 Å². The number of anilines is 1. The van der Waals surface area contributed by atoms with Gasteiger partial charge in [-0.3, -0.25) is 23.5 Å². The first-order valence-corrected chi connectivity index (χ1v) is 11.1. The molecule has 5 atom stereocenters. The summed E-state index contributed by atoms with van der Waals surface area (Å²) in [6, 6.07) is -2.16. The van der Waals surface area contributed by atoms with Crippen LogP contribution in [0.25, 0.3) is 0 Å². The number of carboxylic acid groups (broad SMARTS) is 1. The molecule has 0 radical (unpaired) electrons. The van der Waals surface area contributed by atoms with Gasteiger partial charge in [0.1, 0.15) is 18.8 Å². The molecule has 3 rings (SSSR count). The maximum Gasteiger partial charge on any atom is 0.370 e. The zero-order chi connectivity index (χ0) is 23.8. The average molecular weight is 488 g/mol. The van der Waals surface area contributed by atoms with Crippen LogP contribution >= 0.6 is 11.3 Å². The predicted molar refractivity (Wildman–Crippen MR) is 107 cm³/mol. The fraction of sp³-hybridized carbons (Fsp3) is 0.500. The van der Waals surface area contributed by atoms with E-state index in [9.17, 15) is 33.0 Å². The SMILES string of the molecule is CO/N=C(\C(=O)N[C@@H]1C(=O)N([C@@]2(C(=O)O)OC(=O)C[C@H]2CS(=O)[O-])[C@@H]1C)c1csc(N)n1. The summed E-state index contributed by atoms with van der Waals surface area (Å²) in [5.41, 5.74) is 2.90. The molecule has 4 N–H and O–H groups in total. The smallest absolute Gasteiger partial charge is 0.370 e. The van der Waals surface area contributed by atoms with Crippen molar-refractivity contribution in [1.82, 2.24) is 15.2 Å². The number of thiazole rings is 1. The zero-order valence-electron chi connectivity index (χ0n) is 16.7. The van der Waals surface area contributed by atoms with E-state index in [-0.39, 0.29) is 16.5 Å². The molecule has 0 aliphatic carbocycles. The number of aromatic nitrogens is 1. The van der Waals surface area contributed by atoms with Crippen molar-refractivity contribution < 1.29 is 42.6 Å². The van der Waals surface area contributed by atoms with Gasteiger partial charge in [0.15, 0.2) is 10.8 Å². The Morgan fingerprint density at radius 1 is 1.56 bits per heavy atom. The summed E-state index contributed by atoms with van der Waals surface area (Å²) < 4.78 is 27.4. The highest BCUT2D eigenvalue weighted by Crippen LogP contribution is 2.42. The van der Waals surface area contributed by atoms with Gasteiger partial charge in [-0.1, -0.05) is 16.2 Å². The number of nitrogens with zero attached hydrogens (tertiary/aromatic N) is 3. The second-order valence-corrected chi connectivity index (χ2v) is 8.77. The number of likely N-dealkylation sites (tertiary alicyclic amines) is 1. The van der Waals surface area contributed by atoms with Gasteiger partial charge in [0, 0.05) is 11.1 Å². The number of amides is 2. The van der Waals surface area contributed by atoms with Gasteiger partial charge >= 0.3 is 11.9 Å². The van der Waals surface area contributed by atoms with Gasteiger partial charge < -0.3 is 30.3 Å². The Bertz CT molecular complexity index is 1030. The Kier molecular flexibility index (Phi) is 6.47. The third-order valence-electron chi connectivity index (χ3n) is 5.08. The van der Waals surface area contributed by atoms with Crippen LogP contribution in [0.4, 0.5) is 5.13 Å². The first-order valence-electron chi connectivity index (χ1n) is 9.00. The Labute approximate surface area is 187 Å². The molecule has 0 saturated carbocycles. The summed E-state index contributed by atoms with van der Waals surface area (Å²) in [5.74, 6) is -6.39. The maximum absolute atomic E-state index is 12.9. The quantitative estimate of drug-likeness (QED) is 0.120. The number of nitrogens with one attached hydrogen (secondary N) is 1. The van der Waals surface area contributed by atoms with Gasteiger partial charge in [-0.05, 0) is 6.92 Å². The first kappa shape index (κ1) is 23.6. The second kappa shape index (κ2) is 8.79. The van der Waals surface area contributed by atoms with Gasteiger partial charge in [-0.15, -0.1) is 11.3 Å². The number of hydrogen-bond donors (Lipinski definition) is 3. The molecule has 2 fully saturated rings. The number of nitrogens with two attached hydrogens (primary N) is 1. The lowest BCUT2D eigenvalue weighted by molar-refractivity contribution is -0.219. The summed E-state index contributed by atoms with van der Waals surface area (Å²) in [7, 11) is 1.20. The molecule has 0 spiro atoms. The number of rotatable bonds is 8. The molecule has 32 heavy (non-hydrogen) atoms. The van der Waals surface area contributed by atoms with Crippen LogP contribution in [0.5, 0.6) is 0 Å². The monoisotopic (exact) mass is 488 g/mol. The van der Waals surface area contributed by atoms with Gasteiger partial charge in [0.05, 0.1) is 18.4 Å². The number of esters is 1. The van der Waals surface area contributed by atoms with Crippen molar-refractivity contribution in [2.75, 3.05) is 18.6 Å². The van der Waals surface area contributed by atoms with E-state index in [4.69, 9.17) is 10.5 Å². The molecule has 0 bridgehead atoms. The molecule has 16 heteroatoms. The molecule has 3 heterocycles. The number of carbonyl (C=O) groups is 4. The predicted octanol–water partition coefficient (Wildman–Crippen LogP) is -1.99. The lowest BCUT2D eigenvalue weighted by atomic mass is 9.86. The van der Waals surface area contributed by atoms with E-state index in [1.807, 2.05) is 0 Å². The van der Waals surface area contributed by atoms with E-state index in [0.717, 1.165) is 16.2 Å². The fourth-order valence-electron chi connectivity index (χ4n) is 3.72. The van der Waals surface area contributed by atoms with Gasteiger partial charge in [-0.2, -0.15) is 0 Å². The lowest BCUT2D eigenvalue weighted by Gasteiger charge is -2.52. The molecule has 2 aliphatic rings. The lowest BCUT2D eigenvalue weighted by Crippen LogP contribution is -2.79. The number of β-lactam (4-membered cyclic amide) rings is 1. The highest BCUT2D eigenvalue weighted by Gasteiger charge is 2.67. The molecule has 1 unspecified atom stereocenters. The highest BCUT2D eigenvalue weighted by molar-refractivity contribution is 7.79. The van der Waals surface area contributed by atoms with Crippen molar-refractivity contribution in [3.8, 4) is 0 Å². The van der Waals surface area contributed by atoms with Crippen LogP contribution in [0.3, 0.4) is 0 Å². The minimum absolute atomic E-state index is 0.104. The Morgan fingerprint density at radius 2 is 2.25 bits per heavy atom. The first-order chi connectivity index (χ1) is 15.0. The van der Waals surface area contributed by atoms with Crippen molar-refractivity contribution in [1.29, 1.82) is 0 Å². The highest BCUT2D eigenvalue weighted by atomic mass is 32.2. The van der Waals surface area contributed by atoms with Gasteiger partial charge in [0.2, 0.25) is 0 Å². The number of hydrogen-bond acceptors (Lipinski definition) is 12. The van der Waals surface area contributed by atoms with Crippen molar-refractivity contribution in [3.63, 3.8) is 0 Å². The largest absolute Gasteiger partial charge is 0.772 e. The van der Waals surface area contributed by atoms with Crippen molar-refractivity contribution >= 4 is 57.0 Å². The van der Waals surface area contributed by atoms with Crippen molar-refractivity contribution in [2.24, 2.45) is 11.1 Å². The topological polar surface area (TPSA) is 214 Å². The number of cyclic esters (lactones) is 1. The van der Waals surface area contributed by atoms with Crippen LogP contribution < -0.4 is 11.1 Å². The van der Waals surface area contributed by atoms with Gasteiger partial charge in [0.25, 0.3) is 17.5 Å². The molecule has 0 aromatic carbocycles. The molecule has 2 saturated heterocycles.